The van der Waals surface area contributed by atoms with Gasteiger partial charge in [0.1, 0.15) is 11.5 Å². The number of rotatable bonds is 6. The van der Waals surface area contributed by atoms with E-state index in [1.54, 1.807) is 26.4 Å². The third-order valence-electron chi connectivity index (χ3n) is 4.80. The number of hydrogen-bond donors (Lipinski definition) is 1. The lowest BCUT2D eigenvalue weighted by Gasteiger charge is -2.34. The third kappa shape index (κ3) is 5.27. The van der Waals surface area contributed by atoms with Crippen molar-refractivity contribution >= 4 is 23.4 Å². The molecular formula is C22H27N3O3. The van der Waals surface area contributed by atoms with Gasteiger partial charge in [-0.15, -0.1) is 0 Å². The number of piperazine rings is 1. The lowest BCUT2D eigenvalue weighted by Crippen LogP contribution is -2.44. The molecule has 1 heterocycles. The van der Waals surface area contributed by atoms with E-state index in [2.05, 4.69) is 34.3 Å². The summed E-state index contributed by atoms with van der Waals surface area (Å²) in [6.45, 7) is 4.18. The Kier molecular flexibility index (Phi) is 6.55. The van der Waals surface area contributed by atoms with Gasteiger partial charge in [0, 0.05) is 49.7 Å². The predicted molar refractivity (Wildman–Crippen MR) is 113 cm³/mol. The van der Waals surface area contributed by atoms with Gasteiger partial charge in [0.2, 0.25) is 5.91 Å². The molecule has 6 nitrogen and oxygen atoms in total. The molecule has 0 radical (unpaired) electrons. The van der Waals surface area contributed by atoms with E-state index in [9.17, 15) is 4.79 Å². The summed E-state index contributed by atoms with van der Waals surface area (Å²) in [6, 6.07) is 13.5. The Labute approximate surface area is 166 Å². The van der Waals surface area contributed by atoms with Crippen LogP contribution in [0.25, 0.3) is 6.08 Å². The van der Waals surface area contributed by atoms with Gasteiger partial charge >= 0.3 is 0 Å². The summed E-state index contributed by atoms with van der Waals surface area (Å²) in [4.78, 5) is 16.9. The highest BCUT2D eigenvalue weighted by molar-refractivity contribution is 6.02. The van der Waals surface area contributed by atoms with Crippen LogP contribution in [-0.2, 0) is 4.79 Å². The van der Waals surface area contributed by atoms with Crippen molar-refractivity contribution in [2.75, 3.05) is 57.7 Å². The second-order valence-electron chi connectivity index (χ2n) is 6.81. The fraction of sp³-hybridized carbons (Fsp3) is 0.318. The summed E-state index contributed by atoms with van der Waals surface area (Å²) in [5, 5.41) is 2.89. The highest BCUT2D eigenvalue weighted by Gasteiger charge is 2.14. The quantitative estimate of drug-likeness (QED) is 0.780. The Morgan fingerprint density at radius 3 is 2.14 bits per heavy atom. The Morgan fingerprint density at radius 2 is 1.57 bits per heavy atom. The summed E-state index contributed by atoms with van der Waals surface area (Å²) in [5.41, 5.74) is 2.79. The first-order chi connectivity index (χ1) is 13.6. The first-order valence-electron chi connectivity index (χ1n) is 9.33. The number of hydrogen-bond acceptors (Lipinski definition) is 5. The van der Waals surface area contributed by atoms with E-state index < -0.39 is 0 Å². The number of nitrogens with zero attached hydrogens (tertiary/aromatic N) is 2. The summed E-state index contributed by atoms with van der Waals surface area (Å²) in [7, 11) is 5.34. The van der Waals surface area contributed by atoms with Crippen molar-refractivity contribution in [1.29, 1.82) is 0 Å². The Morgan fingerprint density at radius 1 is 0.964 bits per heavy atom. The van der Waals surface area contributed by atoms with Gasteiger partial charge in [0.05, 0.1) is 14.2 Å². The minimum absolute atomic E-state index is 0.186. The van der Waals surface area contributed by atoms with Crippen molar-refractivity contribution in [3.63, 3.8) is 0 Å². The molecule has 1 aliphatic heterocycles. The maximum atomic E-state index is 12.2. The van der Waals surface area contributed by atoms with Gasteiger partial charge in [-0.1, -0.05) is 0 Å². The van der Waals surface area contributed by atoms with Crippen LogP contribution in [-0.4, -0.2) is 58.3 Å². The van der Waals surface area contributed by atoms with Gasteiger partial charge in [-0.05, 0) is 55.1 Å². The molecular weight excluding hydrogens is 354 g/mol. The normalized spacial score (nSPS) is 14.9. The predicted octanol–water partition coefficient (Wildman–Crippen LogP) is 3.11. The molecule has 2 aromatic rings. The highest BCUT2D eigenvalue weighted by atomic mass is 16.5. The molecule has 28 heavy (non-hydrogen) atoms. The highest BCUT2D eigenvalue weighted by Crippen LogP contribution is 2.23. The SMILES string of the molecule is COc1cc(/C=C/C(=O)Nc2ccc(N3CCN(C)CC3)cc2)cc(OC)c1. The Balaban J connectivity index is 1.59. The van der Waals surface area contributed by atoms with Gasteiger partial charge in [0.15, 0.2) is 0 Å². The molecule has 1 fully saturated rings. The maximum absolute atomic E-state index is 12.2. The van der Waals surface area contributed by atoms with Gasteiger partial charge in [-0.3, -0.25) is 4.79 Å². The second kappa shape index (κ2) is 9.28. The summed E-state index contributed by atoms with van der Waals surface area (Å²) < 4.78 is 10.5. The molecule has 1 N–H and O–H groups in total. The van der Waals surface area contributed by atoms with E-state index in [0.717, 1.165) is 37.4 Å². The summed E-state index contributed by atoms with van der Waals surface area (Å²) >= 11 is 0. The number of methoxy groups -OCH3 is 2. The molecule has 1 aliphatic rings. The molecule has 0 aliphatic carbocycles. The molecule has 1 saturated heterocycles. The molecule has 148 valence electrons. The number of benzene rings is 2. The number of anilines is 2. The Bertz CT molecular complexity index is 803. The van der Waals surface area contributed by atoms with E-state index in [0.29, 0.717) is 11.5 Å². The van der Waals surface area contributed by atoms with Gasteiger partial charge in [-0.25, -0.2) is 0 Å². The molecule has 0 saturated carbocycles. The van der Waals surface area contributed by atoms with Crippen LogP contribution in [0.4, 0.5) is 11.4 Å². The monoisotopic (exact) mass is 381 g/mol. The molecule has 0 bridgehead atoms. The van der Waals surface area contributed by atoms with Crippen molar-refractivity contribution < 1.29 is 14.3 Å². The van der Waals surface area contributed by atoms with E-state index in [-0.39, 0.29) is 5.91 Å². The van der Waals surface area contributed by atoms with Crippen molar-refractivity contribution in [1.82, 2.24) is 4.90 Å². The fourth-order valence-electron chi connectivity index (χ4n) is 3.10. The van der Waals surface area contributed by atoms with Crippen LogP contribution in [0.1, 0.15) is 5.56 Å². The largest absolute Gasteiger partial charge is 0.497 e. The van der Waals surface area contributed by atoms with Gasteiger partial charge in [0.25, 0.3) is 0 Å². The third-order valence-corrected chi connectivity index (χ3v) is 4.80. The van der Waals surface area contributed by atoms with Crippen LogP contribution >= 0.6 is 0 Å². The minimum Gasteiger partial charge on any atom is -0.497 e. The van der Waals surface area contributed by atoms with Crippen molar-refractivity contribution in [2.24, 2.45) is 0 Å². The smallest absolute Gasteiger partial charge is 0.248 e. The molecule has 3 rings (SSSR count). The van der Waals surface area contributed by atoms with E-state index in [1.807, 2.05) is 24.3 Å². The second-order valence-corrected chi connectivity index (χ2v) is 6.81. The first-order valence-corrected chi connectivity index (χ1v) is 9.33. The van der Waals surface area contributed by atoms with Crippen LogP contribution in [0.5, 0.6) is 11.5 Å². The van der Waals surface area contributed by atoms with Crippen LogP contribution < -0.4 is 19.7 Å². The minimum atomic E-state index is -0.186. The number of nitrogens with one attached hydrogen (secondary N) is 1. The Hall–Kier alpha value is -2.99. The lowest BCUT2D eigenvalue weighted by molar-refractivity contribution is -0.111. The van der Waals surface area contributed by atoms with Crippen molar-refractivity contribution in [2.45, 2.75) is 0 Å². The lowest BCUT2D eigenvalue weighted by atomic mass is 10.2. The standard InChI is InChI=1S/C22H27N3O3/c1-24-10-12-25(13-11-24)19-7-5-18(6-8-19)23-22(26)9-4-17-14-20(27-2)16-21(15-17)28-3/h4-9,14-16H,10-13H2,1-3H3,(H,23,26)/b9-4+. The van der Waals surface area contributed by atoms with Crippen LogP contribution in [0.2, 0.25) is 0 Å². The zero-order chi connectivity index (χ0) is 19.9. The molecule has 0 unspecified atom stereocenters. The zero-order valence-corrected chi connectivity index (χ0v) is 16.6. The number of carbonyl (C=O) groups excluding carboxylic acids is 1. The molecule has 0 aromatic heterocycles. The van der Waals surface area contributed by atoms with Crippen molar-refractivity contribution in [3.8, 4) is 11.5 Å². The van der Waals surface area contributed by atoms with Crippen LogP contribution in [0, 0.1) is 0 Å². The summed E-state index contributed by atoms with van der Waals surface area (Å²) in [6.07, 6.45) is 3.24. The number of amides is 1. The molecule has 0 spiro atoms. The van der Waals surface area contributed by atoms with Crippen molar-refractivity contribution in [3.05, 3.63) is 54.1 Å². The fourth-order valence-corrected chi connectivity index (χ4v) is 3.10. The van der Waals surface area contributed by atoms with E-state index >= 15 is 0 Å². The summed E-state index contributed by atoms with van der Waals surface area (Å²) in [5.74, 6) is 1.17. The van der Waals surface area contributed by atoms with E-state index in [4.69, 9.17) is 9.47 Å². The molecule has 6 heteroatoms. The number of ether oxygens (including phenoxy) is 2. The van der Waals surface area contributed by atoms with Gasteiger partial charge < -0.3 is 24.6 Å². The van der Waals surface area contributed by atoms with E-state index in [1.165, 1.54) is 11.8 Å². The number of carbonyl (C=O) groups is 1. The average molecular weight is 381 g/mol. The first kappa shape index (κ1) is 19.8. The van der Waals surface area contributed by atoms with Crippen LogP contribution in [0.15, 0.2) is 48.5 Å². The molecule has 0 atom stereocenters. The topological polar surface area (TPSA) is 54.0 Å². The van der Waals surface area contributed by atoms with Crippen LogP contribution in [0.3, 0.4) is 0 Å². The zero-order valence-electron chi connectivity index (χ0n) is 16.6. The average Bonchev–Trinajstić information content (AvgIpc) is 2.73. The molecule has 2 aromatic carbocycles. The van der Waals surface area contributed by atoms with Gasteiger partial charge in [-0.2, -0.15) is 0 Å². The number of likely N-dealkylation sites (N-methyl/N-ethyl adjacent to an activating group) is 1. The molecule has 1 amide bonds. The maximum Gasteiger partial charge on any atom is 0.248 e.